The summed E-state index contributed by atoms with van der Waals surface area (Å²) in [5.74, 6) is 0.459. The Labute approximate surface area is 101 Å². The molecule has 0 radical (unpaired) electrons. The van der Waals surface area contributed by atoms with Crippen LogP contribution in [0.1, 0.15) is 46.0 Å². The van der Waals surface area contributed by atoms with E-state index in [4.69, 9.17) is 0 Å². The number of rotatable bonds is 5. The summed E-state index contributed by atoms with van der Waals surface area (Å²) < 4.78 is 0. The van der Waals surface area contributed by atoms with Crippen LogP contribution in [-0.4, -0.2) is 38.6 Å². The highest BCUT2D eigenvalue weighted by Crippen LogP contribution is 2.03. The number of aromatic nitrogens is 4. The first-order valence-corrected chi connectivity index (χ1v) is 5.66. The molecule has 1 aromatic heterocycles. The van der Waals surface area contributed by atoms with Gasteiger partial charge in [-0.05, 0) is 27.7 Å². The third-order valence-corrected chi connectivity index (χ3v) is 2.13. The number of H-pyrrole nitrogens is 1. The molecular weight excluding hydrogens is 220 g/mol. The molecule has 0 spiro atoms. The molecule has 0 fully saturated rings. The van der Waals surface area contributed by atoms with E-state index >= 15 is 0 Å². The average molecular weight is 240 g/mol. The van der Waals surface area contributed by atoms with Crippen molar-refractivity contribution in [2.45, 2.75) is 45.7 Å². The van der Waals surface area contributed by atoms with E-state index in [1.807, 2.05) is 6.92 Å². The van der Waals surface area contributed by atoms with Crippen LogP contribution in [0.2, 0.25) is 0 Å². The minimum atomic E-state index is -0.226. The second-order valence-electron chi connectivity index (χ2n) is 4.99. The highest BCUT2D eigenvalue weighted by atomic mass is 16.1. The number of hydrogen-bond donors (Lipinski definition) is 3. The van der Waals surface area contributed by atoms with Gasteiger partial charge in [-0.2, -0.15) is 5.21 Å². The fraction of sp³-hybridized carbons (Fsp3) is 0.800. The first kappa shape index (κ1) is 13.6. The van der Waals surface area contributed by atoms with Crippen molar-refractivity contribution in [3.05, 3.63) is 5.82 Å². The van der Waals surface area contributed by atoms with Crippen molar-refractivity contribution in [2.24, 2.45) is 0 Å². The number of tetrazole rings is 1. The number of carbonyl (C=O) groups excluding carboxylic acids is 1. The van der Waals surface area contributed by atoms with Gasteiger partial charge in [0.15, 0.2) is 5.82 Å². The Morgan fingerprint density at radius 3 is 2.71 bits per heavy atom. The second kappa shape index (κ2) is 5.72. The molecule has 3 N–H and O–H groups in total. The first-order chi connectivity index (χ1) is 7.88. The highest BCUT2D eigenvalue weighted by molar-refractivity contribution is 5.76. The molecule has 1 heterocycles. The summed E-state index contributed by atoms with van der Waals surface area (Å²) in [5.41, 5.74) is 0.0273. The van der Waals surface area contributed by atoms with Crippen LogP contribution in [0.3, 0.4) is 0 Å². The third-order valence-electron chi connectivity index (χ3n) is 2.13. The molecule has 17 heavy (non-hydrogen) atoms. The van der Waals surface area contributed by atoms with Crippen LogP contribution in [0, 0.1) is 0 Å². The minimum Gasteiger partial charge on any atom is -0.346 e. The average Bonchev–Trinajstić information content (AvgIpc) is 2.67. The third kappa shape index (κ3) is 5.39. The maximum absolute atomic E-state index is 11.6. The van der Waals surface area contributed by atoms with Crippen molar-refractivity contribution >= 4 is 5.91 Å². The summed E-state index contributed by atoms with van der Waals surface area (Å²) >= 11 is 0. The number of nitrogens with zero attached hydrogens (tertiary/aromatic N) is 3. The molecule has 0 aliphatic rings. The molecular formula is C10H20N6O. The number of carbonyl (C=O) groups is 1. The number of nitrogens with one attached hydrogen (secondary N) is 3. The van der Waals surface area contributed by atoms with Crippen molar-refractivity contribution in [1.29, 1.82) is 0 Å². The molecule has 1 aromatic rings. The van der Waals surface area contributed by atoms with Gasteiger partial charge in [-0.15, -0.1) is 10.2 Å². The van der Waals surface area contributed by atoms with Crippen LogP contribution in [0.4, 0.5) is 0 Å². The van der Waals surface area contributed by atoms with Crippen LogP contribution < -0.4 is 10.6 Å². The van der Waals surface area contributed by atoms with Crippen molar-refractivity contribution in [3.8, 4) is 0 Å². The van der Waals surface area contributed by atoms with E-state index in [1.54, 1.807) is 0 Å². The molecule has 7 heteroatoms. The summed E-state index contributed by atoms with van der Waals surface area (Å²) in [6.07, 6.45) is 0.430. The zero-order chi connectivity index (χ0) is 12.9. The number of amides is 1. The first-order valence-electron chi connectivity index (χ1n) is 5.66. The lowest BCUT2D eigenvalue weighted by atomic mass is 10.1. The van der Waals surface area contributed by atoms with Crippen molar-refractivity contribution in [2.75, 3.05) is 6.54 Å². The molecule has 1 atom stereocenters. The summed E-state index contributed by atoms with van der Waals surface area (Å²) in [4.78, 5) is 11.6. The molecule has 96 valence electrons. The van der Waals surface area contributed by atoms with Crippen LogP contribution in [0.5, 0.6) is 0 Å². The maximum atomic E-state index is 11.6. The van der Waals surface area contributed by atoms with Gasteiger partial charge in [0.1, 0.15) is 0 Å². The van der Waals surface area contributed by atoms with E-state index in [2.05, 4.69) is 52.0 Å². The van der Waals surface area contributed by atoms with Gasteiger partial charge >= 0.3 is 0 Å². The Balaban J connectivity index is 2.26. The van der Waals surface area contributed by atoms with Gasteiger partial charge in [0.2, 0.25) is 5.91 Å². The molecule has 0 saturated heterocycles. The Kier molecular flexibility index (Phi) is 4.56. The topological polar surface area (TPSA) is 95.6 Å². The lowest BCUT2D eigenvalue weighted by Crippen LogP contribution is -2.38. The standard InChI is InChI=1S/C10H20N6O/c1-7(9-13-15-16-14-9)12-8(17)5-6-11-10(2,3)4/h7,11H,5-6H2,1-4H3,(H,12,17)(H,13,14,15,16). The van der Waals surface area contributed by atoms with Crippen molar-refractivity contribution in [1.82, 2.24) is 31.3 Å². The van der Waals surface area contributed by atoms with Gasteiger partial charge in [-0.3, -0.25) is 4.79 Å². The Hall–Kier alpha value is -1.50. The quantitative estimate of drug-likeness (QED) is 0.681. The van der Waals surface area contributed by atoms with Crippen molar-refractivity contribution < 1.29 is 4.79 Å². The molecule has 1 unspecified atom stereocenters. The van der Waals surface area contributed by atoms with Gasteiger partial charge in [0.25, 0.3) is 0 Å². The van der Waals surface area contributed by atoms with Gasteiger partial charge in [0.05, 0.1) is 6.04 Å². The second-order valence-corrected chi connectivity index (χ2v) is 4.99. The largest absolute Gasteiger partial charge is 0.346 e. The fourth-order valence-corrected chi connectivity index (χ4v) is 1.28. The summed E-state index contributed by atoms with van der Waals surface area (Å²) in [6.45, 7) is 8.65. The molecule has 7 nitrogen and oxygen atoms in total. The maximum Gasteiger partial charge on any atom is 0.221 e. The van der Waals surface area contributed by atoms with Crippen LogP contribution in [-0.2, 0) is 4.79 Å². The Morgan fingerprint density at radius 1 is 1.47 bits per heavy atom. The van der Waals surface area contributed by atoms with E-state index in [0.717, 1.165) is 0 Å². The monoisotopic (exact) mass is 240 g/mol. The van der Waals surface area contributed by atoms with E-state index < -0.39 is 0 Å². The highest BCUT2D eigenvalue weighted by Gasteiger charge is 2.14. The minimum absolute atomic E-state index is 0.0273. The predicted octanol–water partition coefficient (Wildman–Crippen LogP) is 0.155. The Bertz CT molecular complexity index is 342. The summed E-state index contributed by atoms with van der Waals surface area (Å²) in [5, 5.41) is 19.5. The Morgan fingerprint density at radius 2 is 2.18 bits per heavy atom. The summed E-state index contributed by atoms with van der Waals surface area (Å²) in [7, 11) is 0. The molecule has 0 saturated carbocycles. The van der Waals surface area contributed by atoms with E-state index in [0.29, 0.717) is 18.8 Å². The zero-order valence-electron chi connectivity index (χ0n) is 10.7. The van der Waals surface area contributed by atoms with Crippen LogP contribution >= 0.6 is 0 Å². The van der Waals surface area contributed by atoms with Crippen LogP contribution in [0.15, 0.2) is 0 Å². The van der Waals surface area contributed by atoms with Gasteiger partial charge < -0.3 is 10.6 Å². The predicted molar refractivity (Wildman–Crippen MR) is 63.1 cm³/mol. The van der Waals surface area contributed by atoms with Gasteiger partial charge in [0, 0.05) is 18.5 Å². The lowest BCUT2D eigenvalue weighted by molar-refractivity contribution is -0.121. The molecule has 0 aliphatic carbocycles. The number of hydrogen-bond acceptors (Lipinski definition) is 5. The molecule has 1 amide bonds. The molecule has 0 aliphatic heterocycles. The molecule has 0 aromatic carbocycles. The molecule has 1 rings (SSSR count). The SMILES string of the molecule is CC(NC(=O)CCNC(C)(C)C)c1nn[nH]n1. The van der Waals surface area contributed by atoms with Crippen LogP contribution in [0.25, 0.3) is 0 Å². The van der Waals surface area contributed by atoms with E-state index in [1.165, 1.54) is 0 Å². The summed E-state index contributed by atoms with van der Waals surface area (Å²) in [6, 6.07) is -0.226. The molecule has 0 bridgehead atoms. The van der Waals surface area contributed by atoms with Crippen molar-refractivity contribution in [3.63, 3.8) is 0 Å². The van der Waals surface area contributed by atoms with E-state index in [-0.39, 0.29) is 17.5 Å². The number of aromatic amines is 1. The zero-order valence-corrected chi connectivity index (χ0v) is 10.7. The van der Waals surface area contributed by atoms with Gasteiger partial charge in [-0.1, -0.05) is 5.21 Å². The smallest absolute Gasteiger partial charge is 0.221 e. The van der Waals surface area contributed by atoms with Gasteiger partial charge in [-0.25, -0.2) is 0 Å². The van der Waals surface area contributed by atoms with E-state index in [9.17, 15) is 4.79 Å². The normalized spacial score (nSPS) is 13.4. The lowest BCUT2D eigenvalue weighted by Gasteiger charge is -2.20. The fourth-order valence-electron chi connectivity index (χ4n) is 1.28.